The molecule has 0 aliphatic carbocycles. The highest BCUT2D eigenvalue weighted by molar-refractivity contribution is 6.30. The molecule has 2 aromatic rings. The van der Waals surface area contributed by atoms with Crippen LogP contribution in [0.25, 0.3) is 0 Å². The number of nitrogens with zero attached hydrogens (tertiary/aromatic N) is 3. The molecule has 0 saturated heterocycles. The van der Waals surface area contributed by atoms with Gasteiger partial charge in [0.25, 0.3) is 5.56 Å². The van der Waals surface area contributed by atoms with Crippen molar-refractivity contribution in [2.75, 3.05) is 0 Å². The first-order chi connectivity index (χ1) is 11.9. The molecule has 0 radical (unpaired) electrons. The van der Waals surface area contributed by atoms with Crippen molar-refractivity contribution in [2.24, 2.45) is 0 Å². The number of hydrogen-bond donors (Lipinski definition) is 1. The Morgan fingerprint density at radius 3 is 2.52 bits per heavy atom. The van der Waals surface area contributed by atoms with E-state index >= 15 is 0 Å². The molecule has 0 bridgehead atoms. The molecule has 1 aromatic heterocycles. The molecule has 1 amide bonds. The Labute approximate surface area is 149 Å². The smallest absolute Gasteiger partial charge is 0.331 e. The fraction of sp³-hybridized carbons (Fsp3) is 0.294. The summed E-state index contributed by atoms with van der Waals surface area (Å²) in [7, 11) is 0. The number of aromatic nitrogens is 2. The van der Waals surface area contributed by atoms with Crippen LogP contribution in [-0.4, -0.2) is 15.0 Å². The molecule has 1 atom stereocenters. The minimum absolute atomic E-state index is 0.181. The van der Waals surface area contributed by atoms with Crippen LogP contribution < -0.4 is 16.6 Å². The summed E-state index contributed by atoms with van der Waals surface area (Å²) in [6, 6.07) is 8.39. The number of nitriles is 1. The van der Waals surface area contributed by atoms with Crippen molar-refractivity contribution in [1.29, 1.82) is 5.26 Å². The molecule has 7 nitrogen and oxygen atoms in total. The predicted octanol–water partition coefficient (Wildman–Crippen LogP) is 1.43. The third-order valence-corrected chi connectivity index (χ3v) is 4.00. The van der Waals surface area contributed by atoms with Gasteiger partial charge in [-0.3, -0.25) is 14.2 Å². The van der Waals surface area contributed by atoms with Crippen LogP contribution >= 0.6 is 11.6 Å². The Morgan fingerprint density at radius 2 is 1.96 bits per heavy atom. The highest BCUT2D eigenvalue weighted by atomic mass is 35.5. The molecule has 8 heteroatoms. The Kier molecular flexibility index (Phi) is 5.78. The number of nitrogens with one attached hydrogen (secondary N) is 1. The summed E-state index contributed by atoms with van der Waals surface area (Å²) >= 11 is 5.83. The lowest BCUT2D eigenvalue weighted by molar-refractivity contribution is -0.122. The summed E-state index contributed by atoms with van der Waals surface area (Å²) in [5, 5.41) is 12.3. The molecular formula is C17H17ClN4O3. The second kappa shape index (κ2) is 7.81. The van der Waals surface area contributed by atoms with E-state index in [1.54, 1.807) is 44.2 Å². The Balaban J connectivity index is 2.23. The molecule has 25 heavy (non-hydrogen) atoms. The molecule has 0 aliphatic rings. The van der Waals surface area contributed by atoms with Crippen LogP contribution in [0.15, 0.2) is 40.1 Å². The molecule has 2 rings (SSSR count). The van der Waals surface area contributed by atoms with E-state index in [2.05, 4.69) is 5.32 Å². The zero-order valence-corrected chi connectivity index (χ0v) is 14.6. The van der Waals surface area contributed by atoms with Crippen molar-refractivity contribution in [3.8, 4) is 6.07 Å². The number of rotatable bonds is 5. The second-order valence-electron chi connectivity index (χ2n) is 5.46. The van der Waals surface area contributed by atoms with Crippen LogP contribution in [-0.2, 0) is 17.9 Å². The first-order valence-corrected chi connectivity index (χ1v) is 8.04. The Hall–Kier alpha value is -2.85. The van der Waals surface area contributed by atoms with Crippen molar-refractivity contribution in [2.45, 2.75) is 33.0 Å². The molecule has 0 saturated carbocycles. The summed E-state index contributed by atoms with van der Waals surface area (Å²) < 4.78 is 1.99. The summed E-state index contributed by atoms with van der Waals surface area (Å²) in [5.74, 6) is -0.501. The number of benzene rings is 1. The molecular weight excluding hydrogens is 344 g/mol. The van der Waals surface area contributed by atoms with E-state index in [0.29, 0.717) is 5.02 Å². The van der Waals surface area contributed by atoms with Crippen molar-refractivity contribution in [3.05, 3.63) is 67.4 Å². The van der Waals surface area contributed by atoms with E-state index in [0.717, 1.165) is 10.1 Å². The van der Waals surface area contributed by atoms with Gasteiger partial charge in [0, 0.05) is 17.8 Å². The summed E-state index contributed by atoms with van der Waals surface area (Å²) in [6.45, 7) is 3.32. The SMILES string of the molecule is CCn1cc(C#N)c(=O)n(CC(=O)NC(C)c2ccc(Cl)cc2)c1=O. The third kappa shape index (κ3) is 4.17. The van der Waals surface area contributed by atoms with Crippen molar-refractivity contribution in [3.63, 3.8) is 0 Å². The van der Waals surface area contributed by atoms with Crippen LogP contribution in [0.4, 0.5) is 0 Å². The highest BCUT2D eigenvalue weighted by Gasteiger charge is 2.15. The number of amides is 1. The number of carbonyl (C=O) groups is 1. The Morgan fingerprint density at radius 1 is 1.32 bits per heavy atom. The van der Waals surface area contributed by atoms with Crippen LogP contribution in [0.1, 0.15) is 31.0 Å². The molecule has 130 valence electrons. The van der Waals surface area contributed by atoms with Crippen LogP contribution in [0.3, 0.4) is 0 Å². The Bertz CT molecular complexity index is 938. The van der Waals surface area contributed by atoms with E-state index in [1.807, 2.05) is 0 Å². The normalized spacial score (nSPS) is 11.6. The van der Waals surface area contributed by atoms with Gasteiger partial charge in [0.05, 0.1) is 6.04 Å². The van der Waals surface area contributed by atoms with Gasteiger partial charge in [0.15, 0.2) is 0 Å². The largest absolute Gasteiger partial charge is 0.348 e. The third-order valence-electron chi connectivity index (χ3n) is 3.75. The van der Waals surface area contributed by atoms with Gasteiger partial charge in [-0.15, -0.1) is 0 Å². The van der Waals surface area contributed by atoms with Gasteiger partial charge in [-0.05, 0) is 31.5 Å². The number of halogens is 1. The predicted molar refractivity (Wildman–Crippen MR) is 93.4 cm³/mol. The maximum Gasteiger partial charge on any atom is 0.331 e. The minimum atomic E-state index is -0.772. The van der Waals surface area contributed by atoms with Gasteiger partial charge in [-0.2, -0.15) is 5.26 Å². The standard InChI is InChI=1S/C17H17ClN4O3/c1-3-21-9-13(8-19)16(24)22(17(21)25)10-15(23)20-11(2)12-4-6-14(18)7-5-12/h4-7,9,11H,3,10H2,1-2H3,(H,20,23). The van der Waals surface area contributed by atoms with Crippen LogP contribution in [0.2, 0.25) is 5.02 Å². The average Bonchev–Trinajstić information content (AvgIpc) is 2.59. The fourth-order valence-electron chi connectivity index (χ4n) is 2.36. The van der Waals surface area contributed by atoms with Gasteiger partial charge in [0.1, 0.15) is 18.2 Å². The molecule has 0 fully saturated rings. The number of hydrogen-bond acceptors (Lipinski definition) is 4. The van der Waals surface area contributed by atoms with E-state index in [9.17, 15) is 14.4 Å². The quantitative estimate of drug-likeness (QED) is 0.872. The molecule has 1 unspecified atom stereocenters. The van der Waals surface area contributed by atoms with Gasteiger partial charge in [0.2, 0.25) is 5.91 Å². The van der Waals surface area contributed by atoms with Crippen molar-refractivity contribution < 1.29 is 4.79 Å². The lowest BCUT2D eigenvalue weighted by Crippen LogP contribution is -2.44. The van der Waals surface area contributed by atoms with E-state index < -0.39 is 23.7 Å². The molecule has 1 N–H and O–H groups in total. The zero-order valence-electron chi connectivity index (χ0n) is 13.8. The highest BCUT2D eigenvalue weighted by Crippen LogP contribution is 2.15. The maximum atomic E-state index is 12.2. The molecule has 1 heterocycles. The monoisotopic (exact) mass is 360 g/mol. The maximum absolute atomic E-state index is 12.2. The lowest BCUT2D eigenvalue weighted by Gasteiger charge is -2.15. The summed E-state index contributed by atoms with van der Waals surface area (Å²) in [5.41, 5.74) is -0.742. The van der Waals surface area contributed by atoms with Crippen molar-refractivity contribution in [1.82, 2.24) is 14.5 Å². The van der Waals surface area contributed by atoms with Crippen molar-refractivity contribution >= 4 is 17.5 Å². The molecule has 0 spiro atoms. The van der Waals surface area contributed by atoms with Gasteiger partial charge >= 0.3 is 5.69 Å². The van der Waals surface area contributed by atoms with Gasteiger partial charge in [-0.25, -0.2) is 9.36 Å². The van der Waals surface area contributed by atoms with Crippen LogP contribution in [0.5, 0.6) is 0 Å². The number of aryl methyl sites for hydroxylation is 1. The lowest BCUT2D eigenvalue weighted by atomic mass is 10.1. The molecule has 1 aromatic carbocycles. The topological polar surface area (TPSA) is 96.9 Å². The first kappa shape index (κ1) is 18.5. The average molecular weight is 361 g/mol. The first-order valence-electron chi connectivity index (χ1n) is 7.66. The summed E-state index contributed by atoms with van der Waals surface area (Å²) in [4.78, 5) is 36.6. The van der Waals surface area contributed by atoms with Gasteiger partial charge in [-0.1, -0.05) is 23.7 Å². The minimum Gasteiger partial charge on any atom is -0.348 e. The van der Waals surface area contributed by atoms with E-state index in [1.165, 1.54) is 10.8 Å². The molecule has 0 aliphatic heterocycles. The van der Waals surface area contributed by atoms with E-state index in [4.69, 9.17) is 16.9 Å². The van der Waals surface area contributed by atoms with Crippen LogP contribution in [0, 0.1) is 11.3 Å². The second-order valence-corrected chi connectivity index (χ2v) is 5.89. The van der Waals surface area contributed by atoms with E-state index in [-0.39, 0.29) is 18.2 Å². The van der Waals surface area contributed by atoms with Gasteiger partial charge < -0.3 is 5.32 Å². The number of carbonyl (C=O) groups excluding carboxylic acids is 1. The summed E-state index contributed by atoms with van der Waals surface area (Å²) in [6.07, 6.45) is 1.20. The zero-order chi connectivity index (χ0) is 18.6. The fourth-order valence-corrected chi connectivity index (χ4v) is 2.49.